The molecule has 6 heteroatoms. The summed E-state index contributed by atoms with van der Waals surface area (Å²) >= 11 is 5.87. The van der Waals surface area contributed by atoms with Gasteiger partial charge in [-0.2, -0.15) is 0 Å². The number of hydrogen-bond donors (Lipinski definition) is 2. The van der Waals surface area contributed by atoms with Gasteiger partial charge in [0.25, 0.3) is 0 Å². The zero-order chi connectivity index (χ0) is 12.4. The molecule has 1 heterocycles. The Kier molecular flexibility index (Phi) is 3.21. The fourth-order valence-corrected chi connectivity index (χ4v) is 1.60. The minimum absolute atomic E-state index is 0.0347. The monoisotopic (exact) mass is 252 g/mol. The van der Waals surface area contributed by atoms with Crippen molar-refractivity contribution in [1.82, 2.24) is 9.97 Å². The molecule has 0 saturated carbocycles. The summed E-state index contributed by atoms with van der Waals surface area (Å²) in [5.41, 5.74) is 3.13. The van der Waals surface area contributed by atoms with Gasteiger partial charge in [-0.25, -0.2) is 20.2 Å². The van der Waals surface area contributed by atoms with Crippen molar-refractivity contribution < 1.29 is 4.39 Å². The van der Waals surface area contributed by atoms with E-state index in [1.165, 1.54) is 0 Å². The van der Waals surface area contributed by atoms with E-state index in [0.29, 0.717) is 16.4 Å². The van der Waals surface area contributed by atoms with Crippen molar-refractivity contribution in [3.8, 4) is 11.4 Å². The first kappa shape index (κ1) is 11.8. The highest BCUT2D eigenvalue weighted by Crippen LogP contribution is 2.22. The van der Waals surface area contributed by atoms with E-state index in [0.717, 1.165) is 0 Å². The van der Waals surface area contributed by atoms with Crippen molar-refractivity contribution in [2.45, 2.75) is 6.92 Å². The van der Waals surface area contributed by atoms with E-state index in [-0.39, 0.29) is 11.5 Å². The van der Waals surface area contributed by atoms with Crippen LogP contribution in [0, 0.1) is 12.7 Å². The number of halogens is 2. The van der Waals surface area contributed by atoms with Crippen LogP contribution >= 0.6 is 11.6 Å². The van der Waals surface area contributed by atoms with Gasteiger partial charge >= 0.3 is 0 Å². The zero-order valence-electron chi connectivity index (χ0n) is 9.04. The second-order valence-corrected chi connectivity index (χ2v) is 3.89. The number of nitrogens with two attached hydrogens (primary N) is 1. The topological polar surface area (TPSA) is 63.8 Å². The smallest absolute Gasteiger partial charge is 0.187 e. The highest BCUT2D eigenvalue weighted by molar-refractivity contribution is 6.30. The van der Waals surface area contributed by atoms with E-state index in [1.807, 2.05) is 0 Å². The van der Waals surface area contributed by atoms with Crippen molar-refractivity contribution in [2.75, 3.05) is 5.43 Å². The Balaban J connectivity index is 2.56. The van der Waals surface area contributed by atoms with Gasteiger partial charge in [0.15, 0.2) is 17.5 Å². The molecule has 0 aliphatic rings. The third-order valence-corrected chi connectivity index (χ3v) is 2.47. The number of nitrogen functional groups attached to an aromatic ring is 1. The van der Waals surface area contributed by atoms with Crippen LogP contribution in [0.25, 0.3) is 11.4 Å². The van der Waals surface area contributed by atoms with Gasteiger partial charge in [0.05, 0.1) is 5.69 Å². The molecule has 0 bridgehead atoms. The number of nitrogens with one attached hydrogen (secondary N) is 1. The van der Waals surface area contributed by atoms with Crippen LogP contribution in [0.5, 0.6) is 0 Å². The molecule has 3 N–H and O–H groups in total. The Morgan fingerprint density at radius 1 is 1.35 bits per heavy atom. The number of hydrogen-bond acceptors (Lipinski definition) is 4. The number of anilines is 1. The van der Waals surface area contributed by atoms with Gasteiger partial charge in [0.2, 0.25) is 0 Å². The first-order valence-corrected chi connectivity index (χ1v) is 5.26. The number of aryl methyl sites for hydroxylation is 1. The standard InChI is InChI=1S/C11H10ClFN4/c1-6-9(13)11(17-14)16-10(15-6)7-3-2-4-8(12)5-7/h2-5H,14H2,1H3,(H,15,16,17). The van der Waals surface area contributed by atoms with Crippen LogP contribution in [0.2, 0.25) is 5.02 Å². The molecule has 0 unspecified atom stereocenters. The van der Waals surface area contributed by atoms with E-state index in [4.69, 9.17) is 17.4 Å². The van der Waals surface area contributed by atoms with E-state index >= 15 is 0 Å². The minimum Gasteiger partial charge on any atom is -0.306 e. The summed E-state index contributed by atoms with van der Waals surface area (Å²) in [6.45, 7) is 1.55. The van der Waals surface area contributed by atoms with Crippen molar-refractivity contribution in [3.05, 3.63) is 40.8 Å². The number of nitrogens with zero attached hydrogens (tertiary/aromatic N) is 2. The van der Waals surface area contributed by atoms with Crippen LogP contribution in [-0.4, -0.2) is 9.97 Å². The second-order valence-electron chi connectivity index (χ2n) is 3.45. The summed E-state index contributed by atoms with van der Waals surface area (Å²) in [5, 5.41) is 0.565. The van der Waals surface area contributed by atoms with Gasteiger partial charge < -0.3 is 5.43 Å². The van der Waals surface area contributed by atoms with Crippen LogP contribution in [0.3, 0.4) is 0 Å². The van der Waals surface area contributed by atoms with Gasteiger partial charge in [-0.1, -0.05) is 23.7 Å². The average molecular weight is 253 g/mol. The summed E-state index contributed by atoms with van der Waals surface area (Å²) in [6, 6.07) is 7.01. The summed E-state index contributed by atoms with van der Waals surface area (Å²) in [6.07, 6.45) is 0. The fourth-order valence-electron chi connectivity index (χ4n) is 1.41. The number of rotatable bonds is 2. The summed E-state index contributed by atoms with van der Waals surface area (Å²) in [5.74, 6) is 4.97. The molecule has 1 aromatic heterocycles. The van der Waals surface area contributed by atoms with Gasteiger partial charge in [0, 0.05) is 10.6 Å². The molecular weight excluding hydrogens is 243 g/mol. The van der Waals surface area contributed by atoms with Crippen LogP contribution < -0.4 is 11.3 Å². The van der Waals surface area contributed by atoms with Crippen LogP contribution in [0.15, 0.2) is 24.3 Å². The molecule has 2 aromatic rings. The van der Waals surface area contributed by atoms with E-state index < -0.39 is 5.82 Å². The predicted molar refractivity (Wildman–Crippen MR) is 65.0 cm³/mol. The normalized spacial score (nSPS) is 10.4. The Bertz CT molecular complexity index is 559. The number of hydrazine groups is 1. The Morgan fingerprint density at radius 2 is 2.12 bits per heavy atom. The van der Waals surface area contributed by atoms with Crippen LogP contribution in [0.1, 0.15) is 5.69 Å². The maximum atomic E-state index is 13.5. The van der Waals surface area contributed by atoms with Crippen LogP contribution in [0.4, 0.5) is 10.2 Å². The molecule has 2 rings (SSSR count). The van der Waals surface area contributed by atoms with Crippen molar-refractivity contribution in [3.63, 3.8) is 0 Å². The van der Waals surface area contributed by atoms with Gasteiger partial charge in [0.1, 0.15) is 0 Å². The second kappa shape index (κ2) is 4.65. The average Bonchev–Trinajstić information content (AvgIpc) is 2.32. The molecule has 0 saturated heterocycles. The van der Waals surface area contributed by atoms with Gasteiger partial charge in [-0.05, 0) is 19.1 Å². The Labute approximate surface area is 103 Å². The largest absolute Gasteiger partial charge is 0.306 e. The lowest BCUT2D eigenvalue weighted by molar-refractivity contribution is 0.606. The molecule has 1 aromatic carbocycles. The molecule has 88 valence electrons. The van der Waals surface area contributed by atoms with E-state index in [9.17, 15) is 4.39 Å². The third-order valence-electron chi connectivity index (χ3n) is 2.24. The minimum atomic E-state index is -0.557. The van der Waals surface area contributed by atoms with Crippen molar-refractivity contribution >= 4 is 17.4 Å². The lowest BCUT2D eigenvalue weighted by Gasteiger charge is -2.07. The van der Waals surface area contributed by atoms with Crippen LogP contribution in [-0.2, 0) is 0 Å². The molecule has 4 nitrogen and oxygen atoms in total. The Morgan fingerprint density at radius 3 is 2.76 bits per heavy atom. The summed E-state index contributed by atoms with van der Waals surface area (Å²) < 4.78 is 13.5. The maximum absolute atomic E-state index is 13.5. The number of aromatic nitrogens is 2. The first-order valence-electron chi connectivity index (χ1n) is 4.88. The fraction of sp³-hybridized carbons (Fsp3) is 0.0909. The lowest BCUT2D eigenvalue weighted by Crippen LogP contribution is -2.13. The summed E-state index contributed by atoms with van der Waals surface area (Å²) in [7, 11) is 0. The zero-order valence-corrected chi connectivity index (χ0v) is 9.79. The van der Waals surface area contributed by atoms with E-state index in [1.54, 1.807) is 31.2 Å². The Hall–Kier alpha value is -1.72. The molecule has 0 aliphatic heterocycles. The van der Waals surface area contributed by atoms with Gasteiger partial charge in [-0.15, -0.1) is 0 Å². The molecule has 0 radical (unpaired) electrons. The summed E-state index contributed by atoms with van der Waals surface area (Å²) in [4.78, 5) is 8.03. The van der Waals surface area contributed by atoms with Gasteiger partial charge in [-0.3, -0.25) is 0 Å². The first-order chi connectivity index (χ1) is 8.11. The lowest BCUT2D eigenvalue weighted by atomic mass is 10.2. The highest BCUT2D eigenvalue weighted by atomic mass is 35.5. The molecular formula is C11H10ClFN4. The van der Waals surface area contributed by atoms with Crippen molar-refractivity contribution in [2.24, 2.45) is 5.84 Å². The maximum Gasteiger partial charge on any atom is 0.187 e. The molecule has 0 aliphatic carbocycles. The molecule has 17 heavy (non-hydrogen) atoms. The SMILES string of the molecule is Cc1nc(-c2cccc(Cl)c2)nc(NN)c1F. The third kappa shape index (κ3) is 2.35. The quantitative estimate of drug-likeness (QED) is 0.637. The molecule has 0 spiro atoms. The number of benzene rings is 1. The molecule has 0 atom stereocenters. The molecule has 0 amide bonds. The van der Waals surface area contributed by atoms with E-state index in [2.05, 4.69) is 15.4 Å². The highest BCUT2D eigenvalue weighted by Gasteiger charge is 2.11. The molecule has 0 fully saturated rings. The predicted octanol–water partition coefficient (Wildman–Crippen LogP) is 2.53. The van der Waals surface area contributed by atoms with Crippen molar-refractivity contribution in [1.29, 1.82) is 0 Å².